The van der Waals surface area contributed by atoms with Crippen molar-refractivity contribution < 1.29 is 14.7 Å². The molecule has 72 valence electrons. The van der Waals surface area contributed by atoms with Crippen molar-refractivity contribution in [2.24, 2.45) is 11.8 Å². The van der Waals surface area contributed by atoms with Crippen LogP contribution in [0, 0.1) is 11.8 Å². The fourth-order valence-electron chi connectivity index (χ4n) is 1.74. The maximum atomic E-state index is 10.8. The fourth-order valence-corrected chi connectivity index (χ4v) is 1.74. The number of carboxylic acids is 1. The smallest absolute Gasteiger partial charge is 0.307 e. The Bertz CT molecular complexity index is 265. The minimum Gasteiger partial charge on any atom is -0.481 e. The van der Waals surface area contributed by atoms with Gasteiger partial charge in [-0.3, -0.25) is 4.79 Å². The summed E-state index contributed by atoms with van der Waals surface area (Å²) < 4.78 is 0. The van der Waals surface area contributed by atoms with Gasteiger partial charge in [0, 0.05) is 5.92 Å². The minimum atomic E-state index is -0.857. The fraction of sp³-hybridized carbons (Fsp3) is 0.600. The van der Waals surface area contributed by atoms with Gasteiger partial charge in [-0.05, 0) is 26.7 Å². The van der Waals surface area contributed by atoms with E-state index in [2.05, 4.69) is 0 Å². The number of carboxylic acid groups (broad SMARTS) is 1. The summed E-state index contributed by atoms with van der Waals surface area (Å²) in [5, 5.41) is 8.86. The van der Waals surface area contributed by atoms with Crippen LogP contribution in [0.5, 0.6) is 0 Å². The number of rotatable bonds is 2. The third-order valence-corrected chi connectivity index (χ3v) is 2.81. The van der Waals surface area contributed by atoms with Crippen LogP contribution >= 0.6 is 0 Å². The SMILES string of the molecule is CC1=C(C)CC(C(=O)O)C(C=O)C1. The highest BCUT2D eigenvalue weighted by molar-refractivity contribution is 5.76. The van der Waals surface area contributed by atoms with Gasteiger partial charge in [0.05, 0.1) is 5.92 Å². The molecule has 0 radical (unpaired) electrons. The monoisotopic (exact) mass is 182 g/mol. The van der Waals surface area contributed by atoms with Gasteiger partial charge in [-0.25, -0.2) is 0 Å². The van der Waals surface area contributed by atoms with Crippen molar-refractivity contribution in [3.05, 3.63) is 11.1 Å². The second-order valence-electron chi connectivity index (χ2n) is 3.71. The van der Waals surface area contributed by atoms with E-state index in [0.717, 1.165) is 17.4 Å². The molecule has 2 atom stereocenters. The van der Waals surface area contributed by atoms with Crippen molar-refractivity contribution in [1.82, 2.24) is 0 Å². The summed E-state index contributed by atoms with van der Waals surface area (Å²) in [5.41, 5.74) is 2.28. The molecule has 13 heavy (non-hydrogen) atoms. The first kappa shape index (κ1) is 9.96. The third-order valence-electron chi connectivity index (χ3n) is 2.81. The topological polar surface area (TPSA) is 54.4 Å². The molecule has 0 aliphatic heterocycles. The summed E-state index contributed by atoms with van der Waals surface area (Å²) in [6, 6.07) is 0. The van der Waals surface area contributed by atoms with Crippen LogP contribution in [0.3, 0.4) is 0 Å². The summed E-state index contributed by atoms with van der Waals surface area (Å²) in [6.07, 6.45) is 1.89. The molecule has 0 heterocycles. The average molecular weight is 182 g/mol. The van der Waals surface area contributed by atoms with E-state index in [9.17, 15) is 9.59 Å². The number of carbonyl (C=O) groups excluding carboxylic acids is 1. The van der Waals surface area contributed by atoms with E-state index < -0.39 is 11.9 Å². The molecule has 1 N–H and O–H groups in total. The van der Waals surface area contributed by atoms with Crippen LogP contribution in [0.15, 0.2) is 11.1 Å². The van der Waals surface area contributed by atoms with Crippen LogP contribution in [0.25, 0.3) is 0 Å². The maximum Gasteiger partial charge on any atom is 0.307 e. The number of carbonyl (C=O) groups is 2. The Kier molecular flexibility index (Phi) is 2.86. The molecule has 3 nitrogen and oxygen atoms in total. The predicted octanol–water partition coefficient (Wildman–Crippen LogP) is 1.63. The van der Waals surface area contributed by atoms with Crippen LogP contribution in [0.4, 0.5) is 0 Å². The average Bonchev–Trinajstić information content (AvgIpc) is 2.08. The second-order valence-corrected chi connectivity index (χ2v) is 3.71. The molecule has 0 saturated carbocycles. The van der Waals surface area contributed by atoms with Crippen LogP contribution < -0.4 is 0 Å². The van der Waals surface area contributed by atoms with Crippen molar-refractivity contribution in [2.75, 3.05) is 0 Å². The number of allylic oxidation sites excluding steroid dienone is 2. The number of aldehydes is 1. The Hall–Kier alpha value is -1.12. The second kappa shape index (κ2) is 3.73. The van der Waals surface area contributed by atoms with Gasteiger partial charge in [0.25, 0.3) is 0 Å². The molecular weight excluding hydrogens is 168 g/mol. The van der Waals surface area contributed by atoms with Gasteiger partial charge in [0.15, 0.2) is 0 Å². The molecule has 0 aromatic heterocycles. The Morgan fingerprint density at radius 3 is 2.38 bits per heavy atom. The lowest BCUT2D eigenvalue weighted by Crippen LogP contribution is -2.28. The van der Waals surface area contributed by atoms with Gasteiger partial charge in [0.2, 0.25) is 0 Å². The first-order chi connectivity index (χ1) is 6.06. The largest absolute Gasteiger partial charge is 0.481 e. The normalized spacial score (nSPS) is 28.8. The van der Waals surface area contributed by atoms with E-state index in [4.69, 9.17) is 5.11 Å². The lowest BCUT2D eigenvalue weighted by atomic mass is 9.77. The lowest BCUT2D eigenvalue weighted by Gasteiger charge is -2.26. The molecule has 1 aliphatic carbocycles. The Balaban J connectivity index is 2.87. The molecule has 0 amide bonds. The van der Waals surface area contributed by atoms with E-state index in [1.165, 1.54) is 0 Å². The van der Waals surface area contributed by atoms with Gasteiger partial charge in [-0.2, -0.15) is 0 Å². The predicted molar refractivity (Wildman–Crippen MR) is 48.3 cm³/mol. The number of aliphatic carboxylic acids is 1. The zero-order valence-corrected chi connectivity index (χ0v) is 7.91. The summed E-state index contributed by atoms with van der Waals surface area (Å²) in [6.45, 7) is 3.90. The minimum absolute atomic E-state index is 0.332. The van der Waals surface area contributed by atoms with E-state index in [0.29, 0.717) is 12.8 Å². The number of hydrogen-bond acceptors (Lipinski definition) is 2. The summed E-state index contributed by atoms with van der Waals surface area (Å²) in [4.78, 5) is 21.4. The van der Waals surface area contributed by atoms with Gasteiger partial charge in [-0.15, -0.1) is 0 Å². The van der Waals surface area contributed by atoms with Crippen LogP contribution in [0.1, 0.15) is 26.7 Å². The van der Waals surface area contributed by atoms with Crippen molar-refractivity contribution in [2.45, 2.75) is 26.7 Å². The Morgan fingerprint density at radius 2 is 1.92 bits per heavy atom. The van der Waals surface area contributed by atoms with E-state index >= 15 is 0 Å². The molecule has 0 bridgehead atoms. The van der Waals surface area contributed by atoms with Crippen LogP contribution in [-0.2, 0) is 9.59 Å². The molecule has 1 rings (SSSR count). The number of hydrogen-bond donors (Lipinski definition) is 1. The molecule has 3 heteroatoms. The molecule has 0 aromatic rings. The van der Waals surface area contributed by atoms with Crippen LogP contribution in [-0.4, -0.2) is 17.4 Å². The molecule has 0 aromatic carbocycles. The molecule has 2 unspecified atom stereocenters. The van der Waals surface area contributed by atoms with Crippen molar-refractivity contribution >= 4 is 12.3 Å². The first-order valence-corrected chi connectivity index (χ1v) is 4.39. The van der Waals surface area contributed by atoms with Crippen molar-refractivity contribution in [1.29, 1.82) is 0 Å². The molecular formula is C10H14O3. The lowest BCUT2D eigenvalue weighted by molar-refractivity contribution is -0.145. The summed E-state index contributed by atoms with van der Waals surface area (Å²) in [7, 11) is 0. The standard InChI is InChI=1S/C10H14O3/c1-6-3-8(5-11)9(10(12)13)4-7(6)2/h5,8-9H,3-4H2,1-2H3,(H,12,13). The molecule has 0 spiro atoms. The van der Waals surface area contributed by atoms with Crippen molar-refractivity contribution in [3.8, 4) is 0 Å². The summed E-state index contributed by atoms with van der Waals surface area (Å²) >= 11 is 0. The maximum absolute atomic E-state index is 10.8. The van der Waals surface area contributed by atoms with Crippen molar-refractivity contribution in [3.63, 3.8) is 0 Å². The highest BCUT2D eigenvalue weighted by Crippen LogP contribution is 2.32. The quantitative estimate of drug-likeness (QED) is 0.521. The van der Waals surface area contributed by atoms with Gasteiger partial charge >= 0.3 is 5.97 Å². The highest BCUT2D eigenvalue weighted by Gasteiger charge is 2.31. The Morgan fingerprint density at radius 1 is 1.38 bits per heavy atom. The summed E-state index contributed by atoms with van der Waals surface area (Å²) in [5.74, 6) is -1.70. The van der Waals surface area contributed by atoms with Gasteiger partial charge in [-0.1, -0.05) is 11.1 Å². The third kappa shape index (κ3) is 1.97. The molecule has 1 aliphatic rings. The highest BCUT2D eigenvalue weighted by atomic mass is 16.4. The zero-order valence-electron chi connectivity index (χ0n) is 7.91. The van der Waals surface area contributed by atoms with E-state index in [1.807, 2.05) is 13.8 Å². The van der Waals surface area contributed by atoms with Gasteiger partial charge < -0.3 is 9.90 Å². The van der Waals surface area contributed by atoms with E-state index in [1.54, 1.807) is 0 Å². The van der Waals surface area contributed by atoms with Gasteiger partial charge in [0.1, 0.15) is 6.29 Å². The first-order valence-electron chi connectivity index (χ1n) is 4.39. The Labute approximate surface area is 77.4 Å². The van der Waals surface area contributed by atoms with Crippen LogP contribution in [0.2, 0.25) is 0 Å². The molecule has 0 fully saturated rings. The zero-order chi connectivity index (χ0) is 10.0. The molecule has 0 saturated heterocycles. The van der Waals surface area contributed by atoms with E-state index in [-0.39, 0.29) is 5.92 Å².